The van der Waals surface area contributed by atoms with Crippen molar-refractivity contribution in [1.29, 1.82) is 0 Å². The Hall–Kier alpha value is -0.0800. The van der Waals surface area contributed by atoms with Gasteiger partial charge in [-0.25, -0.2) is 0 Å². The summed E-state index contributed by atoms with van der Waals surface area (Å²) in [6, 6.07) is 0. The summed E-state index contributed by atoms with van der Waals surface area (Å²) >= 11 is 0. The monoisotopic (exact) mass is 211 g/mol. The molecule has 2 nitrogen and oxygen atoms in total. The minimum absolute atomic E-state index is 0.247. The molecule has 2 atom stereocenters. The summed E-state index contributed by atoms with van der Waals surface area (Å²) < 4.78 is 5.30. The van der Waals surface area contributed by atoms with Crippen LogP contribution in [0.3, 0.4) is 0 Å². The van der Waals surface area contributed by atoms with E-state index in [0.29, 0.717) is 0 Å². The first-order valence-electron chi connectivity index (χ1n) is 6.47. The summed E-state index contributed by atoms with van der Waals surface area (Å²) in [5.41, 5.74) is 0.247. The van der Waals surface area contributed by atoms with E-state index in [1.54, 1.807) is 7.11 Å². The topological polar surface area (TPSA) is 21.3 Å². The van der Waals surface area contributed by atoms with Gasteiger partial charge in [-0.2, -0.15) is 0 Å². The summed E-state index contributed by atoms with van der Waals surface area (Å²) in [5.74, 6) is 1.90. The fraction of sp³-hybridized carbons (Fsp3) is 1.00. The normalized spacial score (nSPS) is 38.4. The van der Waals surface area contributed by atoms with E-state index in [0.717, 1.165) is 18.4 Å². The van der Waals surface area contributed by atoms with E-state index in [1.165, 1.54) is 45.1 Å². The first-order chi connectivity index (χ1) is 7.23. The molecule has 0 amide bonds. The van der Waals surface area contributed by atoms with Crippen LogP contribution < -0.4 is 5.32 Å². The lowest BCUT2D eigenvalue weighted by atomic mass is 9.77. The lowest BCUT2D eigenvalue weighted by Gasteiger charge is -2.28. The molecule has 0 aromatic heterocycles. The van der Waals surface area contributed by atoms with Crippen molar-refractivity contribution in [2.24, 2.45) is 11.8 Å². The summed E-state index contributed by atoms with van der Waals surface area (Å²) in [7, 11) is 1.81. The van der Waals surface area contributed by atoms with Crippen LogP contribution in [0.5, 0.6) is 0 Å². The molecule has 1 saturated heterocycles. The van der Waals surface area contributed by atoms with Crippen molar-refractivity contribution < 1.29 is 4.74 Å². The molecule has 1 saturated carbocycles. The van der Waals surface area contributed by atoms with Gasteiger partial charge in [-0.3, -0.25) is 0 Å². The highest BCUT2D eigenvalue weighted by Gasteiger charge is 2.38. The third-order valence-corrected chi connectivity index (χ3v) is 4.28. The number of hydrogen-bond acceptors (Lipinski definition) is 2. The molecule has 0 radical (unpaired) electrons. The first kappa shape index (κ1) is 11.4. The Morgan fingerprint density at radius 2 is 1.93 bits per heavy atom. The van der Waals surface area contributed by atoms with Crippen molar-refractivity contribution in [1.82, 2.24) is 5.32 Å². The van der Waals surface area contributed by atoms with Crippen LogP contribution >= 0.6 is 0 Å². The molecule has 1 aliphatic carbocycles. The largest absolute Gasteiger partial charge is 0.383 e. The van der Waals surface area contributed by atoms with Crippen molar-refractivity contribution in [3.05, 3.63) is 0 Å². The number of nitrogens with one attached hydrogen (secondary N) is 1. The Balaban J connectivity index is 1.85. The Morgan fingerprint density at radius 3 is 2.60 bits per heavy atom. The zero-order valence-corrected chi connectivity index (χ0v) is 10.2. The van der Waals surface area contributed by atoms with Crippen LogP contribution in [0, 0.1) is 11.8 Å². The molecule has 2 aliphatic rings. The Kier molecular flexibility index (Phi) is 3.68. The molecule has 15 heavy (non-hydrogen) atoms. The Morgan fingerprint density at radius 1 is 1.20 bits per heavy atom. The maximum Gasteiger partial charge on any atom is 0.0641 e. The van der Waals surface area contributed by atoms with Crippen molar-refractivity contribution in [2.45, 2.75) is 51.0 Å². The molecule has 0 aromatic rings. The van der Waals surface area contributed by atoms with E-state index in [1.807, 2.05) is 0 Å². The highest BCUT2D eigenvalue weighted by molar-refractivity contribution is 4.95. The second-order valence-corrected chi connectivity index (χ2v) is 5.74. The average Bonchev–Trinajstić information content (AvgIpc) is 2.63. The van der Waals surface area contributed by atoms with Gasteiger partial charge < -0.3 is 10.1 Å². The Bertz CT molecular complexity index is 201. The summed E-state index contributed by atoms with van der Waals surface area (Å²) in [5, 5.41) is 3.66. The number of rotatable bonds is 3. The maximum absolute atomic E-state index is 5.30. The van der Waals surface area contributed by atoms with E-state index < -0.39 is 0 Å². The summed E-state index contributed by atoms with van der Waals surface area (Å²) in [6.07, 6.45) is 8.63. The highest BCUT2D eigenvalue weighted by Crippen LogP contribution is 2.37. The van der Waals surface area contributed by atoms with Gasteiger partial charge in [0.1, 0.15) is 0 Å². The van der Waals surface area contributed by atoms with Crippen LogP contribution in [0.1, 0.15) is 45.4 Å². The van der Waals surface area contributed by atoms with Crippen molar-refractivity contribution in [3.8, 4) is 0 Å². The lowest BCUT2D eigenvalue weighted by Crippen LogP contribution is -2.40. The molecule has 2 heteroatoms. The van der Waals surface area contributed by atoms with Crippen molar-refractivity contribution in [2.75, 3.05) is 20.3 Å². The van der Waals surface area contributed by atoms with Crippen LogP contribution in [-0.4, -0.2) is 25.8 Å². The lowest BCUT2D eigenvalue weighted by molar-refractivity contribution is 0.124. The van der Waals surface area contributed by atoms with Gasteiger partial charge in [-0.15, -0.1) is 0 Å². The molecule has 0 aromatic carbocycles. The fourth-order valence-electron chi connectivity index (χ4n) is 3.47. The molecule has 1 N–H and O–H groups in total. The second kappa shape index (κ2) is 4.84. The summed E-state index contributed by atoms with van der Waals surface area (Å²) in [4.78, 5) is 0. The molecule has 2 unspecified atom stereocenters. The van der Waals surface area contributed by atoms with E-state index in [-0.39, 0.29) is 5.54 Å². The smallest absolute Gasteiger partial charge is 0.0641 e. The maximum atomic E-state index is 5.30. The van der Waals surface area contributed by atoms with Crippen molar-refractivity contribution in [3.63, 3.8) is 0 Å². The fourth-order valence-corrected chi connectivity index (χ4v) is 3.47. The number of hydrogen-bond donors (Lipinski definition) is 1. The van der Waals surface area contributed by atoms with Crippen LogP contribution in [-0.2, 0) is 4.74 Å². The van der Waals surface area contributed by atoms with Gasteiger partial charge in [0.25, 0.3) is 0 Å². The molecular formula is C13H25NO. The van der Waals surface area contributed by atoms with Crippen LogP contribution in [0.4, 0.5) is 0 Å². The van der Waals surface area contributed by atoms with Crippen LogP contribution in [0.15, 0.2) is 0 Å². The number of methoxy groups -OCH3 is 1. The third-order valence-electron chi connectivity index (χ3n) is 4.28. The van der Waals surface area contributed by atoms with Crippen LogP contribution in [0.25, 0.3) is 0 Å². The highest BCUT2D eigenvalue weighted by atomic mass is 16.5. The molecule has 2 fully saturated rings. The average molecular weight is 211 g/mol. The van der Waals surface area contributed by atoms with Gasteiger partial charge >= 0.3 is 0 Å². The minimum atomic E-state index is 0.247. The van der Waals surface area contributed by atoms with Gasteiger partial charge in [0.05, 0.1) is 6.61 Å². The van der Waals surface area contributed by atoms with Gasteiger partial charge in [0.15, 0.2) is 0 Å². The second-order valence-electron chi connectivity index (χ2n) is 5.74. The first-order valence-corrected chi connectivity index (χ1v) is 6.47. The van der Waals surface area contributed by atoms with Crippen molar-refractivity contribution >= 4 is 0 Å². The number of ether oxygens (including phenoxy) is 1. The third kappa shape index (κ3) is 2.73. The Labute approximate surface area is 93.8 Å². The van der Waals surface area contributed by atoms with Gasteiger partial charge in [0.2, 0.25) is 0 Å². The van der Waals surface area contributed by atoms with E-state index in [2.05, 4.69) is 12.2 Å². The molecular weight excluding hydrogens is 186 g/mol. The minimum Gasteiger partial charge on any atom is -0.383 e. The van der Waals surface area contributed by atoms with Gasteiger partial charge in [0, 0.05) is 12.6 Å². The predicted molar refractivity (Wildman–Crippen MR) is 63.0 cm³/mol. The van der Waals surface area contributed by atoms with E-state index >= 15 is 0 Å². The molecule has 2 rings (SSSR count). The molecule has 0 spiro atoms. The standard InChI is InChI=1S/C13H25NO/c1-13(10-15-2)8-12(9-14-13)11-6-4-3-5-7-11/h11-12,14H,3-10H2,1-2H3. The zero-order chi connectivity index (χ0) is 10.7. The quantitative estimate of drug-likeness (QED) is 0.774. The molecule has 1 heterocycles. The molecule has 88 valence electrons. The predicted octanol–water partition coefficient (Wildman–Crippen LogP) is 2.58. The summed E-state index contributed by atoms with van der Waals surface area (Å²) in [6.45, 7) is 4.38. The SMILES string of the molecule is COCC1(C)CC(C2CCCCC2)CN1. The molecule has 1 aliphatic heterocycles. The van der Waals surface area contributed by atoms with E-state index in [9.17, 15) is 0 Å². The van der Waals surface area contributed by atoms with Gasteiger partial charge in [-0.1, -0.05) is 32.1 Å². The zero-order valence-electron chi connectivity index (χ0n) is 10.2. The van der Waals surface area contributed by atoms with Gasteiger partial charge in [-0.05, 0) is 31.7 Å². The molecule has 0 bridgehead atoms. The van der Waals surface area contributed by atoms with E-state index in [4.69, 9.17) is 4.74 Å². The van der Waals surface area contributed by atoms with Crippen LogP contribution in [0.2, 0.25) is 0 Å².